The zero-order valence-electron chi connectivity index (χ0n) is 26.7. The van der Waals surface area contributed by atoms with Crippen molar-refractivity contribution in [3.63, 3.8) is 0 Å². The van der Waals surface area contributed by atoms with Crippen LogP contribution in [0, 0.1) is 0 Å². The molecule has 0 bridgehead atoms. The average Bonchev–Trinajstić information content (AvgIpc) is 3.30. The predicted octanol–water partition coefficient (Wildman–Crippen LogP) is 9.16. The molecule has 2 rings (SSSR count). The van der Waals surface area contributed by atoms with Crippen LogP contribution in [0.5, 0.6) is 0 Å². The van der Waals surface area contributed by atoms with E-state index in [4.69, 9.17) is 9.72 Å². The Morgan fingerprint density at radius 2 is 1.85 bits per heavy atom. The van der Waals surface area contributed by atoms with Crippen molar-refractivity contribution < 1.29 is 9.53 Å². The highest BCUT2D eigenvalue weighted by molar-refractivity contribution is 5.68. The van der Waals surface area contributed by atoms with E-state index in [1.807, 2.05) is 19.9 Å². The first kappa shape index (κ1) is 33.8. The maximum absolute atomic E-state index is 11.7. The van der Waals surface area contributed by atoms with Gasteiger partial charge in [-0.25, -0.2) is 4.98 Å². The van der Waals surface area contributed by atoms with Gasteiger partial charge in [0.2, 0.25) is 0 Å². The van der Waals surface area contributed by atoms with Gasteiger partial charge in [-0.15, -0.1) is 0 Å². The topological polar surface area (TPSA) is 47.4 Å². The molecule has 1 unspecified atom stereocenters. The lowest BCUT2D eigenvalue weighted by molar-refractivity contribution is -0.136. The molecule has 0 fully saturated rings. The fraction of sp³-hybridized carbons (Fsp3) is 0.444. The zero-order valence-corrected chi connectivity index (χ0v) is 26.7. The van der Waals surface area contributed by atoms with E-state index in [1.165, 1.54) is 12.6 Å². The van der Waals surface area contributed by atoms with Gasteiger partial charge in [0.05, 0.1) is 11.4 Å². The molecule has 2 aromatic rings. The van der Waals surface area contributed by atoms with Gasteiger partial charge >= 0.3 is 5.97 Å². The van der Waals surface area contributed by atoms with Crippen LogP contribution in [0.15, 0.2) is 89.8 Å². The standard InChI is InChI=1S/C36H51N3O2/c1-10-13-15-17-20-29(6)34-33(39(23-14-11-2)36(37-34)32-21-18-16-19-22-32)26-38(9)25-27(4)24-30(7)35(28(5)12-3)41-31(8)40/h10,13,16-22,24,29H,4,11-12,14-15,23,25-26H2,1-3,5-9H3/b13-10-,20-17-,30-24-,35-28+. The van der Waals surface area contributed by atoms with E-state index >= 15 is 0 Å². The minimum atomic E-state index is -0.306. The summed E-state index contributed by atoms with van der Waals surface area (Å²) in [5.74, 6) is 1.56. The average molecular weight is 558 g/mol. The Morgan fingerprint density at radius 3 is 2.46 bits per heavy atom. The van der Waals surface area contributed by atoms with Crippen molar-refractivity contribution in [1.82, 2.24) is 14.5 Å². The Labute approximate surface area is 249 Å². The van der Waals surface area contributed by atoms with E-state index in [-0.39, 0.29) is 11.9 Å². The quantitative estimate of drug-likeness (QED) is 0.0893. The molecular weight excluding hydrogens is 506 g/mol. The highest BCUT2D eigenvalue weighted by Crippen LogP contribution is 2.30. The van der Waals surface area contributed by atoms with E-state index in [1.54, 1.807) is 0 Å². The van der Waals surface area contributed by atoms with Crippen LogP contribution in [-0.2, 0) is 22.6 Å². The van der Waals surface area contributed by atoms with Crippen molar-refractivity contribution in [2.75, 3.05) is 13.6 Å². The number of unbranched alkanes of at least 4 members (excludes halogenated alkanes) is 1. The van der Waals surface area contributed by atoms with Crippen LogP contribution >= 0.6 is 0 Å². The third-order valence-electron chi connectivity index (χ3n) is 7.07. The molecule has 222 valence electrons. The lowest BCUT2D eigenvalue weighted by Gasteiger charge is -2.21. The molecule has 1 aromatic carbocycles. The summed E-state index contributed by atoms with van der Waals surface area (Å²) in [5, 5.41) is 0. The van der Waals surface area contributed by atoms with Gasteiger partial charge in [-0.1, -0.05) is 94.5 Å². The molecule has 0 aliphatic heterocycles. The van der Waals surface area contributed by atoms with Crippen LogP contribution < -0.4 is 0 Å². The molecule has 1 heterocycles. The molecule has 0 amide bonds. The number of hydrogen-bond donors (Lipinski definition) is 0. The Kier molecular flexibility index (Phi) is 14.3. The normalized spacial score (nSPS) is 13.7. The first-order valence-corrected chi connectivity index (χ1v) is 15.0. The van der Waals surface area contributed by atoms with Crippen LogP contribution in [0.25, 0.3) is 11.4 Å². The Balaban J connectivity index is 2.44. The molecule has 0 saturated heterocycles. The lowest BCUT2D eigenvalue weighted by Crippen LogP contribution is -2.23. The van der Waals surface area contributed by atoms with Crippen molar-refractivity contribution in [2.45, 2.75) is 93.2 Å². The summed E-state index contributed by atoms with van der Waals surface area (Å²) in [7, 11) is 2.13. The van der Waals surface area contributed by atoms with Crippen molar-refractivity contribution in [2.24, 2.45) is 0 Å². The SMILES string of the molecule is C=C(/C=C(C)\C(OC(C)=O)=C(\C)CC)CN(C)Cc1c(C(C)/C=C\C/C=C\C)nc(-c2ccccc2)n1CCCC. The number of esters is 1. The number of imidazole rings is 1. The number of carbonyl (C=O) groups excluding carboxylic acids is 1. The smallest absolute Gasteiger partial charge is 0.308 e. The largest absolute Gasteiger partial charge is 0.427 e. The number of allylic oxidation sites excluding steroid dienone is 6. The van der Waals surface area contributed by atoms with Gasteiger partial charge in [0.25, 0.3) is 0 Å². The summed E-state index contributed by atoms with van der Waals surface area (Å²) in [5.41, 5.74) is 6.44. The van der Waals surface area contributed by atoms with Crippen molar-refractivity contribution in [1.29, 1.82) is 0 Å². The predicted molar refractivity (Wildman–Crippen MR) is 174 cm³/mol. The molecule has 41 heavy (non-hydrogen) atoms. The number of hydrogen-bond acceptors (Lipinski definition) is 4. The van der Waals surface area contributed by atoms with Crippen LogP contribution in [0.1, 0.15) is 91.5 Å². The highest BCUT2D eigenvalue weighted by Gasteiger charge is 2.22. The Hall–Kier alpha value is -3.44. The van der Waals surface area contributed by atoms with Crippen LogP contribution in [-0.4, -0.2) is 34.0 Å². The first-order chi connectivity index (χ1) is 19.6. The number of ether oxygens (including phenoxy) is 1. The maximum Gasteiger partial charge on any atom is 0.308 e. The molecule has 0 N–H and O–H groups in total. The lowest BCUT2D eigenvalue weighted by atomic mass is 10.0. The van der Waals surface area contributed by atoms with Crippen molar-refractivity contribution >= 4 is 5.97 Å². The third-order valence-corrected chi connectivity index (χ3v) is 7.07. The summed E-state index contributed by atoms with van der Waals surface area (Å²) in [4.78, 5) is 19.3. The van der Waals surface area contributed by atoms with Gasteiger partial charge in [0.1, 0.15) is 11.6 Å². The number of carbonyl (C=O) groups is 1. The molecule has 0 aliphatic rings. The summed E-state index contributed by atoms with van der Waals surface area (Å²) >= 11 is 0. The minimum Gasteiger partial charge on any atom is -0.427 e. The Morgan fingerprint density at radius 1 is 1.15 bits per heavy atom. The Bertz CT molecular complexity index is 1260. The van der Waals surface area contributed by atoms with Gasteiger partial charge in [-0.05, 0) is 63.8 Å². The molecule has 0 spiro atoms. The second kappa shape index (κ2) is 17.4. The van der Waals surface area contributed by atoms with Gasteiger partial charge in [0.15, 0.2) is 0 Å². The minimum absolute atomic E-state index is 0.188. The van der Waals surface area contributed by atoms with Crippen LogP contribution in [0.2, 0.25) is 0 Å². The van der Waals surface area contributed by atoms with Gasteiger partial charge < -0.3 is 9.30 Å². The zero-order chi connectivity index (χ0) is 30.4. The van der Waals surface area contributed by atoms with Crippen molar-refractivity contribution in [3.05, 3.63) is 101 Å². The van der Waals surface area contributed by atoms with E-state index in [2.05, 4.69) is 105 Å². The molecule has 1 atom stereocenters. The number of rotatable bonds is 16. The van der Waals surface area contributed by atoms with E-state index in [0.717, 1.165) is 72.6 Å². The molecule has 0 aliphatic carbocycles. The van der Waals surface area contributed by atoms with E-state index in [0.29, 0.717) is 12.3 Å². The third kappa shape index (κ3) is 10.5. The van der Waals surface area contributed by atoms with Crippen molar-refractivity contribution in [3.8, 4) is 11.4 Å². The highest BCUT2D eigenvalue weighted by atomic mass is 16.5. The summed E-state index contributed by atoms with van der Waals surface area (Å²) in [6, 6.07) is 10.5. The van der Waals surface area contributed by atoms with E-state index in [9.17, 15) is 4.79 Å². The summed E-state index contributed by atoms with van der Waals surface area (Å²) in [6.07, 6.45) is 14.7. The number of benzene rings is 1. The molecule has 0 radical (unpaired) electrons. The monoisotopic (exact) mass is 557 g/mol. The number of aromatic nitrogens is 2. The van der Waals surface area contributed by atoms with Gasteiger partial charge in [0, 0.05) is 38.0 Å². The second-order valence-electron chi connectivity index (χ2n) is 10.9. The fourth-order valence-corrected chi connectivity index (χ4v) is 4.87. The molecule has 0 saturated carbocycles. The van der Waals surface area contributed by atoms with Crippen LogP contribution in [0.3, 0.4) is 0 Å². The van der Waals surface area contributed by atoms with Gasteiger partial charge in [-0.2, -0.15) is 0 Å². The fourth-order valence-electron chi connectivity index (χ4n) is 4.87. The number of likely N-dealkylation sites (N-methyl/N-ethyl adjacent to an activating group) is 1. The van der Waals surface area contributed by atoms with Gasteiger partial charge in [-0.3, -0.25) is 9.69 Å². The summed E-state index contributed by atoms with van der Waals surface area (Å²) < 4.78 is 7.98. The number of nitrogens with zero attached hydrogens (tertiary/aromatic N) is 3. The first-order valence-electron chi connectivity index (χ1n) is 15.0. The van der Waals surface area contributed by atoms with Crippen LogP contribution in [0.4, 0.5) is 0 Å². The summed E-state index contributed by atoms with van der Waals surface area (Å²) in [6.45, 7) is 20.7. The maximum atomic E-state index is 11.7. The molecule has 5 heteroatoms. The second-order valence-corrected chi connectivity index (χ2v) is 10.9. The van der Waals surface area contributed by atoms with E-state index < -0.39 is 0 Å². The molecule has 1 aromatic heterocycles. The molecule has 5 nitrogen and oxygen atoms in total. The molecular formula is C36H51N3O2.